The van der Waals surface area contributed by atoms with Crippen molar-refractivity contribution in [1.82, 2.24) is 0 Å². The third-order valence-corrected chi connectivity index (χ3v) is 2.56. The van der Waals surface area contributed by atoms with Gasteiger partial charge in [0, 0.05) is 0 Å². The van der Waals surface area contributed by atoms with Crippen LogP contribution in [0.2, 0.25) is 0 Å². The number of halogens is 1. The second-order valence-electron chi connectivity index (χ2n) is 1.29. The van der Waals surface area contributed by atoms with E-state index >= 15 is 0 Å². The zero-order valence-electron chi connectivity index (χ0n) is 4.11. The number of alkyl halides is 1. The average molecular weight is 201 g/mol. The van der Waals surface area contributed by atoms with Gasteiger partial charge < -0.3 is 0 Å². The van der Waals surface area contributed by atoms with Crippen LogP contribution in [0.1, 0.15) is 20.3 Å². The number of hydrogen-bond donors (Lipinski definition) is 1. The molecule has 0 radical (unpaired) electrons. The Bertz CT molecular complexity index is 26.7. The first-order chi connectivity index (χ1) is 2.81. The fraction of sp³-hybridized carbons (Fsp3) is 1.00. The Morgan fingerprint density at radius 3 is 2.33 bits per heavy atom. The molecular weight excluding hydrogens is 191 g/mol. The second-order valence-corrected chi connectivity index (χ2v) is 3.97. The van der Waals surface area contributed by atoms with Crippen LogP contribution < -0.4 is 21.6 Å². The summed E-state index contributed by atoms with van der Waals surface area (Å²) in [4.78, 5) is 0. The van der Waals surface area contributed by atoms with Crippen molar-refractivity contribution in [3.05, 3.63) is 0 Å². The monoisotopic (exact) mass is 201 g/mol. The molecular formula is C4H10IO-. The quantitative estimate of drug-likeness (QED) is 0.396. The molecule has 0 spiro atoms. The molecule has 0 aromatic carbocycles. The zero-order chi connectivity index (χ0) is 4.99. The van der Waals surface area contributed by atoms with E-state index in [4.69, 9.17) is 3.44 Å². The summed E-state index contributed by atoms with van der Waals surface area (Å²) < 4.78 is 9.05. The van der Waals surface area contributed by atoms with Crippen molar-refractivity contribution in [2.75, 3.05) is 0 Å². The van der Waals surface area contributed by atoms with Crippen LogP contribution in [0.15, 0.2) is 0 Å². The van der Waals surface area contributed by atoms with E-state index in [1.54, 1.807) is 0 Å². The predicted molar refractivity (Wildman–Crippen MR) is 22.0 cm³/mol. The first kappa shape index (κ1) is 6.69. The minimum atomic E-state index is -0.455. The molecule has 2 heteroatoms. The molecule has 0 aromatic rings. The summed E-state index contributed by atoms with van der Waals surface area (Å²) in [5.74, 6) is 0. The molecule has 6 heavy (non-hydrogen) atoms. The number of hydrogen-bond acceptors (Lipinski definition) is 1. The standard InChI is InChI=1S/C4H10IO/c1-3-4(2)5-6/h4,6H,3H2,1-2H3/q-1. The Morgan fingerprint density at radius 1 is 1.83 bits per heavy atom. The van der Waals surface area contributed by atoms with E-state index < -0.39 is 21.6 Å². The van der Waals surface area contributed by atoms with E-state index in [9.17, 15) is 0 Å². The summed E-state index contributed by atoms with van der Waals surface area (Å²) in [7, 11) is 0. The molecule has 0 heterocycles. The number of rotatable bonds is 2. The van der Waals surface area contributed by atoms with Gasteiger partial charge >= 0.3 is 49.2 Å². The molecule has 0 aliphatic carbocycles. The second kappa shape index (κ2) is 3.87. The van der Waals surface area contributed by atoms with Crippen molar-refractivity contribution >= 4 is 0 Å². The van der Waals surface area contributed by atoms with E-state index in [1.807, 2.05) is 0 Å². The summed E-state index contributed by atoms with van der Waals surface area (Å²) in [6.07, 6.45) is 1.13. The molecule has 0 bridgehead atoms. The summed E-state index contributed by atoms with van der Waals surface area (Å²) in [5, 5.41) is 0. The molecule has 0 saturated heterocycles. The Morgan fingerprint density at radius 2 is 2.33 bits per heavy atom. The first-order valence-electron chi connectivity index (χ1n) is 2.08. The Labute approximate surface area is 49.6 Å². The molecule has 0 aliphatic heterocycles. The van der Waals surface area contributed by atoms with E-state index in [1.165, 1.54) is 0 Å². The van der Waals surface area contributed by atoms with Gasteiger partial charge in [-0.05, 0) is 0 Å². The van der Waals surface area contributed by atoms with Gasteiger partial charge in [-0.15, -0.1) is 0 Å². The predicted octanol–water partition coefficient (Wildman–Crippen LogP) is -2.22. The maximum atomic E-state index is 8.44. The van der Waals surface area contributed by atoms with Crippen LogP contribution in [0.3, 0.4) is 0 Å². The Kier molecular flexibility index (Phi) is 4.31. The summed E-state index contributed by atoms with van der Waals surface area (Å²) in [5.41, 5.74) is 0. The van der Waals surface area contributed by atoms with Crippen LogP contribution in [-0.4, -0.2) is 7.36 Å². The van der Waals surface area contributed by atoms with Crippen molar-refractivity contribution in [2.24, 2.45) is 0 Å². The van der Waals surface area contributed by atoms with Crippen molar-refractivity contribution < 1.29 is 25.1 Å². The fourth-order valence-corrected chi connectivity index (χ4v) is 0.463. The molecule has 0 amide bonds. The van der Waals surface area contributed by atoms with Gasteiger partial charge in [-0.2, -0.15) is 0 Å². The van der Waals surface area contributed by atoms with Gasteiger partial charge in [0.05, 0.1) is 0 Å². The van der Waals surface area contributed by atoms with Gasteiger partial charge in [-0.3, -0.25) is 0 Å². The van der Waals surface area contributed by atoms with Gasteiger partial charge in [-0.1, -0.05) is 0 Å². The Balaban J connectivity index is 2.75. The third kappa shape index (κ3) is 2.90. The van der Waals surface area contributed by atoms with Crippen molar-refractivity contribution in [1.29, 1.82) is 0 Å². The van der Waals surface area contributed by atoms with Gasteiger partial charge in [-0.25, -0.2) is 0 Å². The molecule has 1 unspecified atom stereocenters. The fourth-order valence-electron chi connectivity index (χ4n) is 0.0690. The summed E-state index contributed by atoms with van der Waals surface area (Å²) in [6, 6.07) is 0. The minimum absolute atomic E-state index is 0.455. The molecule has 0 saturated carbocycles. The molecule has 1 N–H and O–H groups in total. The van der Waals surface area contributed by atoms with Crippen molar-refractivity contribution in [2.45, 2.75) is 24.2 Å². The SMILES string of the molecule is CCC(C)[I-]O. The van der Waals surface area contributed by atoms with Crippen molar-refractivity contribution in [3.63, 3.8) is 0 Å². The molecule has 1 nitrogen and oxygen atoms in total. The molecule has 1 atom stereocenters. The summed E-state index contributed by atoms with van der Waals surface area (Å²) >= 11 is -0.455. The van der Waals surface area contributed by atoms with Gasteiger partial charge in [0.15, 0.2) is 0 Å². The topological polar surface area (TPSA) is 20.2 Å². The normalized spacial score (nSPS) is 15.2. The van der Waals surface area contributed by atoms with Gasteiger partial charge in [0.25, 0.3) is 0 Å². The average Bonchev–Trinajstić information content (AvgIpc) is 1.65. The van der Waals surface area contributed by atoms with Crippen molar-refractivity contribution in [3.8, 4) is 0 Å². The molecule has 0 aromatic heterocycles. The van der Waals surface area contributed by atoms with Crippen LogP contribution in [0.5, 0.6) is 0 Å². The van der Waals surface area contributed by atoms with Crippen LogP contribution in [0.4, 0.5) is 0 Å². The van der Waals surface area contributed by atoms with E-state index in [-0.39, 0.29) is 0 Å². The van der Waals surface area contributed by atoms with E-state index in [0.29, 0.717) is 3.92 Å². The van der Waals surface area contributed by atoms with Crippen LogP contribution in [0.25, 0.3) is 0 Å². The van der Waals surface area contributed by atoms with E-state index in [0.717, 1.165) is 6.42 Å². The van der Waals surface area contributed by atoms with Gasteiger partial charge in [0.1, 0.15) is 0 Å². The van der Waals surface area contributed by atoms with Crippen LogP contribution >= 0.6 is 0 Å². The third-order valence-electron chi connectivity index (χ3n) is 0.729. The maximum absolute atomic E-state index is 8.44. The molecule has 0 rings (SSSR count). The van der Waals surface area contributed by atoms with Crippen LogP contribution in [0, 0.1) is 0 Å². The van der Waals surface area contributed by atoms with Crippen LogP contribution in [-0.2, 0) is 0 Å². The summed E-state index contributed by atoms with van der Waals surface area (Å²) in [6.45, 7) is 4.17. The molecule has 0 aliphatic rings. The Hall–Kier alpha value is 0.690. The van der Waals surface area contributed by atoms with E-state index in [2.05, 4.69) is 13.8 Å². The zero-order valence-corrected chi connectivity index (χ0v) is 6.27. The first-order valence-corrected chi connectivity index (χ1v) is 4.29. The molecule has 0 fully saturated rings. The molecule has 40 valence electrons. The van der Waals surface area contributed by atoms with Gasteiger partial charge in [0.2, 0.25) is 0 Å².